The molecule has 0 aliphatic rings. The Morgan fingerprint density at radius 2 is 0.671 bits per heavy atom. The van der Waals surface area contributed by atoms with Crippen molar-refractivity contribution < 1.29 is 28.5 Å². The van der Waals surface area contributed by atoms with Gasteiger partial charge in [-0.2, -0.15) is 0 Å². The van der Waals surface area contributed by atoms with Crippen molar-refractivity contribution in [2.24, 2.45) is 9.98 Å². The topological polar surface area (TPSA) is 95.8 Å². The van der Waals surface area contributed by atoms with Crippen molar-refractivity contribution in [3.05, 3.63) is 155 Å². The SMILES string of the molecule is CCCCCCCCCCCCc1ccc(N=Cc2ccc(OCCCCCOC(=O)c3ccccc3C(=O)OCCCCCOc3ccc(C=Nc4ccc(CCCCCCCCCCCC)cc4)cc3)cc2)cc1. The van der Waals surface area contributed by atoms with Crippen LogP contribution in [0.3, 0.4) is 0 Å². The number of hydrogen-bond donors (Lipinski definition) is 0. The summed E-state index contributed by atoms with van der Waals surface area (Å²) in [5.74, 6) is 0.563. The van der Waals surface area contributed by atoms with Crippen molar-refractivity contribution in [2.45, 2.75) is 194 Å². The Bertz CT molecular complexity index is 2170. The molecule has 5 aromatic carbocycles. The fraction of sp³-hybridized carbons (Fsp3) is 0.500. The highest BCUT2D eigenvalue weighted by Gasteiger charge is 2.19. The number of benzene rings is 5. The number of rotatable bonds is 42. The molecule has 0 bridgehead atoms. The van der Waals surface area contributed by atoms with Crippen molar-refractivity contribution in [1.29, 1.82) is 0 Å². The highest BCUT2D eigenvalue weighted by Crippen LogP contribution is 2.21. The number of aliphatic imine (C=N–C) groups is 2. The maximum Gasteiger partial charge on any atom is 0.339 e. The second kappa shape index (κ2) is 39.4. The number of nitrogens with zero attached hydrogens (tertiary/aromatic N) is 2. The van der Waals surface area contributed by atoms with Crippen LogP contribution in [0, 0.1) is 0 Å². The minimum Gasteiger partial charge on any atom is -0.494 e. The molecule has 5 aromatic rings. The molecule has 5 rings (SSSR count). The Labute approximate surface area is 458 Å². The third-order valence-corrected chi connectivity index (χ3v) is 13.9. The Kier molecular flexibility index (Phi) is 31.5. The lowest BCUT2D eigenvalue weighted by Crippen LogP contribution is -2.15. The first-order chi connectivity index (χ1) is 37.5. The Balaban J connectivity index is 0.854. The first-order valence-electron chi connectivity index (χ1n) is 29.7. The Hall–Kier alpha value is -6.02. The molecule has 0 aromatic heterocycles. The summed E-state index contributed by atoms with van der Waals surface area (Å²) in [4.78, 5) is 35.3. The van der Waals surface area contributed by atoms with Crippen LogP contribution < -0.4 is 9.47 Å². The van der Waals surface area contributed by atoms with Crippen molar-refractivity contribution in [2.75, 3.05) is 26.4 Å². The normalized spacial score (nSPS) is 11.4. The third kappa shape index (κ3) is 26.6. The quantitative estimate of drug-likeness (QED) is 0.0219. The van der Waals surface area contributed by atoms with Gasteiger partial charge in [0.25, 0.3) is 0 Å². The van der Waals surface area contributed by atoms with Gasteiger partial charge in [-0.1, -0.05) is 166 Å². The molecule has 0 aliphatic carbocycles. The van der Waals surface area contributed by atoms with Gasteiger partial charge in [-0.05, 0) is 171 Å². The number of hydrogen-bond acceptors (Lipinski definition) is 8. The number of carbonyl (C=O) groups excluding carboxylic acids is 2. The molecule has 0 N–H and O–H groups in total. The summed E-state index contributed by atoms with van der Waals surface area (Å²) in [6.45, 7) is 6.20. The predicted octanol–water partition coefficient (Wildman–Crippen LogP) is 18.9. The molecule has 0 saturated heterocycles. The van der Waals surface area contributed by atoms with Gasteiger partial charge in [-0.25, -0.2) is 9.59 Å². The third-order valence-electron chi connectivity index (χ3n) is 13.9. The number of unbranched alkanes of at least 4 members (excludes halogenated alkanes) is 22. The average molecular weight is 1030 g/mol. The first-order valence-corrected chi connectivity index (χ1v) is 29.7. The lowest BCUT2D eigenvalue weighted by molar-refractivity contribution is 0.0449. The molecule has 0 heterocycles. The van der Waals surface area contributed by atoms with Crippen LogP contribution in [-0.2, 0) is 22.3 Å². The van der Waals surface area contributed by atoms with E-state index in [2.05, 4.69) is 72.4 Å². The number of ether oxygens (including phenoxy) is 4. The van der Waals surface area contributed by atoms with E-state index >= 15 is 0 Å². The molecule has 0 unspecified atom stereocenters. The Morgan fingerprint density at radius 3 is 1.03 bits per heavy atom. The highest BCUT2D eigenvalue weighted by molar-refractivity contribution is 6.03. The van der Waals surface area contributed by atoms with Gasteiger partial charge in [0.2, 0.25) is 0 Å². The van der Waals surface area contributed by atoms with Crippen molar-refractivity contribution >= 4 is 35.7 Å². The zero-order valence-corrected chi connectivity index (χ0v) is 46.7. The number of esters is 2. The van der Waals surface area contributed by atoms with E-state index in [0.29, 0.717) is 26.1 Å². The zero-order valence-electron chi connectivity index (χ0n) is 46.7. The van der Waals surface area contributed by atoms with Crippen LogP contribution in [0.5, 0.6) is 11.5 Å². The van der Waals surface area contributed by atoms with E-state index in [4.69, 9.17) is 18.9 Å². The fourth-order valence-corrected chi connectivity index (χ4v) is 9.20. The van der Waals surface area contributed by atoms with Crippen molar-refractivity contribution in [1.82, 2.24) is 0 Å². The smallest absolute Gasteiger partial charge is 0.339 e. The molecule has 0 amide bonds. The minimum atomic E-state index is -0.527. The largest absolute Gasteiger partial charge is 0.494 e. The summed E-state index contributed by atoms with van der Waals surface area (Å²) < 4.78 is 23.0. The van der Waals surface area contributed by atoms with Gasteiger partial charge >= 0.3 is 11.9 Å². The van der Waals surface area contributed by atoms with Crippen LogP contribution in [0.2, 0.25) is 0 Å². The number of carbonyl (C=O) groups is 2. The predicted molar refractivity (Wildman–Crippen MR) is 317 cm³/mol. The van der Waals surface area contributed by atoms with Crippen molar-refractivity contribution in [3.63, 3.8) is 0 Å². The molecule has 76 heavy (non-hydrogen) atoms. The average Bonchev–Trinajstić information content (AvgIpc) is 3.45. The molecule has 0 aliphatic heterocycles. The van der Waals surface area contributed by atoms with Gasteiger partial charge in [0.1, 0.15) is 11.5 Å². The Morgan fingerprint density at radius 1 is 0.355 bits per heavy atom. The summed E-state index contributed by atoms with van der Waals surface area (Å²) in [6, 6.07) is 39.8. The summed E-state index contributed by atoms with van der Waals surface area (Å²) in [5, 5.41) is 0. The van der Waals surface area contributed by atoms with E-state index in [1.54, 1.807) is 24.3 Å². The van der Waals surface area contributed by atoms with Gasteiger partial charge in [-0.15, -0.1) is 0 Å². The summed E-state index contributed by atoms with van der Waals surface area (Å²) in [5.41, 5.74) is 7.14. The van der Waals surface area contributed by atoms with Crippen LogP contribution in [-0.4, -0.2) is 50.8 Å². The molecule has 0 fully saturated rings. The summed E-state index contributed by atoms with van der Waals surface area (Å²) in [6.07, 6.45) is 37.9. The molecule has 0 atom stereocenters. The molecule has 410 valence electrons. The van der Waals surface area contributed by atoms with E-state index in [-0.39, 0.29) is 24.3 Å². The molecule has 0 radical (unpaired) electrons. The van der Waals surface area contributed by atoms with Gasteiger partial charge in [0, 0.05) is 12.4 Å². The zero-order chi connectivity index (χ0) is 53.4. The van der Waals surface area contributed by atoms with Gasteiger partial charge in [0.05, 0.1) is 48.9 Å². The van der Waals surface area contributed by atoms with Gasteiger partial charge in [-0.3, -0.25) is 9.98 Å². The maximum absolute atomic E-state index is 13.0. The lowest BCUT2D eigenvalue weighted by Gasteiger charge is -2.10. The van der Waals surface area contributed by atoms with E-state index in [1.165, 1.54) is 140 Å². The molecular weight excluding hydrogens is 941 g/mol. The highest BCUT2D eigenvalue weighted by atomic mass is 16.5. The van der Waals surface area contributed by atoms with Crippen LogP contribution in [0.1, 0.15) is 224 Å². The second-order valence-corrected chi connectivity index (χ2v) is 20.5. The maximum atomic E-state index is 13.0. The second-order valence-electron chi connectivity index (χ2n) is 20.5. The molecule has 8 nitrogen and oxygen atoms in total. The summed E-state index contributed by atoms with van der Waals surface area (Å²) in [7, 11) is 0. The van der Waals surface area contributed by atoms with Crippen molar-refractivity contribution in [3.8, 4) is 11.5 Å². The molecule has 0 spiro atoms. The summed E-state index contributed by atoms with van der Waals surface area (Å²) >= 11 is 0. The van der Waals surface area contributed by atoms with E-state index in [0.717, 1.165) is 72.5 Å². The van der Waals surface area contributed by atoms with Crippen LogP contribution in [0.15, 0.2) is 131 Å². The minimum absolute atomic E-state index is 0.214. The van der Waals surface area contributed by atoms with Gasteiger partial charge < -0.3 is 18.9 Å². The first kappa shape index (κ1) is 60.8. The monoisotopic (exact) mass is 1030 g/mol. The molecular formula is C68H92N2O6. The van der Waals surface area contributed by atoms with E-state index in [1.807, 2.05) is 61.0 Å². The number of aryl methyl sites for hydroxylation is 2. The van der Waals surface area contributed by atoms with Crippen LogP contribution in [0.4, 0.5) is 11.4 Å². The van der Waals surface area contributed by atoms with E-state index < -0.39 is 11.9 Å². The molecule has 0 saturated carbocycles. The van der Waals surface area contributed by atoms with Crippen LogP contribution >= 0.6 is 0 Å². The fourth-order valence-electron chi connectivity index (χ4n) is 9.20. The van der Waals surface area contributed by atoms with Crippen LogP contribution in [0.25, 0.3) is 0 Å². The standard InChI is InChI=1S/C68H92N2O6/c1-3-5-7-9-11-13-15-17-19-23-31-57-35-43-61(44-36-57)69-55-59-39-47-63(48-40-59)73-51-27-21-29-53-75-67(71)65-33-25-26-34-66(65)68(72)76-54-30-22-28-52-74-64-49-41-60(42-50-64)56-70-62-45-37-58(38-46-62)32-24-20-18-16-14-12-10-8-6-4-2/h25-26,33-50,55-56H,3-24,27-32,51-54H2,1-2H3. The van der Waals surface area contributed by atoms with E-state index in [9.17, 15) is 9.59 Å². The van der Waals surface area contributed by atoms with Gasteiger partial charge in [0.15, 0.2) is 0 Å². The molecule has 8 heteroatoms. The lowest BCUT2D eigenvalue weighted by atomic mass is 10.0.